The Hall–Kier alpha value is -2.30. The van der Waals surface area contributed by atoms with Gasteiger partial charge in [0.05, 0.1) is 16.6 Å². The summed E-state index contributed by atoms with van der Waals surface area (Å²) in [6, 6.07) is 11.1. The van der Waals surface area contributed by atoms with Crippen LogP contribution >= 0.6 is 0 Å². The lowest BCUT2D eigenvalue weighted by Gasteiger charge is -2.19. The van der Waals surface area contributed by atoms with Crippen LogP contribution in [0, 0.1) is 0 Å². The molecule has 1 aromatic heterocycles. The number of hydrogen-bond donors (Lipinski definition) is 1. The molecule has 2 nitrogen and oxygen atoms in total. The summed E-state index contributed by atoms with van der Waals surface area (Å²) in [5.74, 6) is 1.04. The summed E-state index contributed by atoms with van der Waals surface area (Å²) in [4.78, 5) is 7.93. The van der Waals surface area contributed by atoms with E-state index in [2.05, 4.69) is 16.9 Å². The van der Waals surface area contributed by atoms with Crippen LogP contribution in [0.2, 0.25) is 0 Å². The molecule has 0 bridgehead atoms. The lowest BCUT2D eigenvalue weighted by atomic mass is 9.90. The van der Waals surface area contributed by atoms with Crippen molar-refractivity contribution in [3.8, 4) is 0 Å². The first-order valence-corrected chi connectivity index (χ1v) is 10.6. The molecule has 0 atom stereocenters. The summed E-state index contributed by atoms with van der Waals surface area (Å²) in [6.45, 7) is 2.12. The van der Waals surface area contributed by atoms with Gasteiger partial charge in [-0.05, 0) is 72.9 Å². The number of aryl methyl sites for hydroxylation is 3. The van der Waals surface area contributed by atoms with Crippen molar-refractivity contribution in [1.82, 2.24) is 9.97 Å². The van der Waals surface area contributed by atoms with Crippen LogP contribution in [0.15, 0.2) is 36.4 Å². The Morgan fingerprint density at radius 2 is 1.66 bits per heavy atom. The van der Waals surface area contributed by atoms with Crippen molar-refractivity contribution in [3.05, 3.63) is 64.5 Å². The van der Waals surface area contributed by atoms with Crippen LogP contribution in [-0.4, -0.2) is 9.97 Å². The number of hydrogen-bond acceptors (Lipinski definition) is 1. The Kier molecular flexibility index (Phi) is 5.66. The Labute approximate surface area is 169 Å². The fourth-order valence-corrected chi connectivity index (χ4v) is 4.50. The minimum absolute atomic E-state index is 0.0556. The van der Waals surface area contributed by atoms with E-state index in [1.165, 1.54) is 6.07 Å². The Morgan fingerprint density at radius 3 is 2.34 bits per heavy atom. The van der Waals surface area contributed by atoms with Gasteiger partial charge in [0.2, 0.25) is 0 Å². The van der Waals surface area contributed by atoms with Gasteiger partial charge < -0.3 is 4.98 Å². The first kappa shape index (κ1) is 20.0. The van der Waals surface area contributed by atoms with E-state index in [4.69, 9.17) is 0 Å². The van der Waals surface area contributed by atoms with Gasteiger partial charge in [0.1, 0.15) is 5.82 Å². The highest BCUT2D eigenvalue weighted by Crippen LogP contribution is 2.42. The van der Waals surface area contributed by atoms with Crippen molar-refractivity contribution in [2.24, 2.45) is 0 Å². The van der Waals surface area contributed by atoms with Crippen molar-refractivity contribution in [2.75, 3.05) is 0 Å². The molecule has 0 saturated heterocycles. The highest BCUT2D eigenvalue weighted by atomic mass is 19.4. The van der Waals surface area contributed by atoms with Crippen molar-refractivity contribution in [3.63, 3.8) is 0 Å². The molecule has 0 amide bonds. The molecule has 1 aliphatic carbocycles. The van der Waals surface area contributed by atoms with E-state index in [1.807, 2.05) is 24.3 Å². The van der Waals surface area contributed by atoms with Gasteiger partial charge in [-0.3, -0.25) is 0 Å². The topological polar surface area (TPSA) is 28.7 Å². The first-order chi connectivity index (χ1) is 13.9. The van der Waals surface area contributed by atoms with Gasteiger partial charge in [-0.25, -0.2) is 4.98 Å². The van der Waals surface area contributed by atoms with Crippen molar-refractivity contribution < 1.29 is 13.2 Å². The van der Waals surface area contributed by atoms with Gasteiger partial charge in [-0.1, -0.05) is 38.0 Å². The van der Waals surface area contributed by atoms with E-state index in [0.717, 1.165) is 66.5 Å². The molecule has 2 aromatic carbocycles. The molecule has 3 aromatic rings. The molecule has 1 saturated carbocycles. The lowest BCUT2D eigenvalue weighted by molar-refractivity contribution is -0.138. The van der Waals surface area contributed by atoms with Crippen LogP contribution in [0.3, 0.4) is 0 Å². The summed E-state index contributed by atoms with van der Waals surface area (Å²) < 4.78 is 41.0. The zero-order valence-electron chi connectivity index (χ0n) is 16.8. The number of rotatable bonds is 6. The number of fused-ring (bicyclic) bond motifs is 1. The number of alkyl halides is 3. The number of nitrogens with zero attached hydrogens (tertiary/aromatic N) is 1. The second kappa shape index (κ2) is 8.21. The van der Waals surface area contributed by atoms with Crippen molar-refractivity contribution >= 4 is 11.0 Å². The molecule has 1 N–H and O–H groups in total. The van der Waals surface area contributed by atoms with Gasteiger partial charge in [0, 0.05) is 6.42 Å². The standard InChI is InChI=1S/C24H27F3N2/c1-2-5-23-28-21-13-11-17(15-22(21)29-23)9-8-16-10-12-19(18-6-3-4-7-18)20(14-16)24(25,26)27/h10-15,18H,2-9H2,1H3,(H,28,29). The van der Waals surface area contributed by atoms with Crippen LogP contribution in [-0.2, 0) is 25.4 Å². The fraction of sp³-hybridized carbons (Fsp3) is 0.458. The quantitative estimate of drug-likeness (QED) is 0.475. The molecule has 29 heavy (non-hydrogen) atoms. The first-order valence-electron chi connectivity index (χ1n) is 10.6. The third kappa shape index (κ3) is 4.49. The Bertz CT molecular complexity index is 981. The predicted molar refractivity (Wildman–Crippen MR) is 110 cm³/mol. The summed E-state index contributed by atoms with van der Waals surface area (Å²) in [7, 11) is 0. The molecular weight excluding hydrogens is 373 g/mol. The van der Waals surface area contributed by atoms with Gasteiger partial charge in [-0.2, -0.15) is 13.2 Å². The van der Waals surface area contributed by atoms with E-state index < -0.39 is 11.7 Å². The second-order valence-corrected chi connectivity index (χ2v) is 8.19. The number of aromatic nitrogens is 2. The molecular formula is C24H27F3N2. The lowest BCUT2D eigenvalue weighted by Crippen LogP contribution is -2.12. The molecule has 0 unspecified atom stereocenters. The van der Waals surface area contributed by atoms with Gasteiger partial charge in [0.25, 0.3) is 0 Å². The number of benzene rings is 2. The monoisotopic (exact) mass is 400 g/mol. The molecule has 1 aliphatic rings. The van der Waals surface area contributed by atoms with Crippen LogP contribution in [0.1, 0.15) is 73.0 Å². The number of imidazole rings is 1. The predicted octanol–water partition coefficient (Wildman–Crippen LogP) is 6.98. The molecule has 0 spiro atoms. The summed E-state index contributed by atoms with van der Waals surface area (Å²) in [5.41, 5.74) is 3.83. The van der Waals surface area contributed by atoms with E-state index >= 15 is 0 Å². The van der Waals surface area contributed by atoms with Gasteiger partial charge in [-0.15, -0.1) is 0 Å². The number of aromatic amines is 1. The molecule has 1 heterocycles. The second-order valence-electron chi connectivity index (χ2n) is 8.19. The maximum atomic E-state index is 13.7. The number of halogens is 3. The largest absolute Gasteiger partial charge is 0.416 e. The molecule has 5 heteroatoms. The third-order valence-corrected chi connectivity index (χ3v) is 6.00. The SMILES string of the molecule is CCCc1nc2cc(CCc3ccc(C4CCCC4)c(C(F)(F)F)c3)ccc2[nH]1. The molecule has 154 valence electrons. The van der Waals surface area contributed by atoms with E-state index in [-0.39, 0.29) is 5.92 Å². The zero-order chi connectivity index (χ0) is 20.4. The minimum Gasteiger partial charge on any atom is -0.342 e. The average Bonchev–Trinajstić information content (AvgIpc) is 3.35. The summed E-state index contributed by atoms with van der Waals surface area (Å²) >= 11 is 0. The average molecular weight is 400 g/mol. The summed E-state index contributed by atoms with van der Waals surface area (Å²) in [5, 5.41) is 0. The van der Waals surface area contributed by atoms with Crippen LogP contribution < -0.4 is 0 Å². The normalized spacial score (nSPS) is 15.4. The smallest absolute Gasteiger partial charge is 0.342 e. The Morgan fingerprint density at radius 1 is 0.966 bits per heavy atom. The van der Waals surface area contributed by atoms with Crippen molar-refractivity contribution in [1.29, 1.82) is 0 Å². The minimum atomic E-state index is -4.29. The van der Waals surface area contributed by atoms with Crippen LogP contribution in [0.5, 0.6) is 0 Å². The Balaban J connectivity index is 1.52. The van der Waals surface area contributed by atoms with E-state index in [9.17, 15) is 13.2 Å². The molecule has 0 radical (unpaired) electrons. The molecule has 1 fully saturated rings. The molecule has 0 aliphatic heterocycles. The number of nitrogens with one attached hydrogen (secondary N) is 1. The van der Waals surface area contributed by atoms with Gasteiger partial charge in [0.15, 0.2) is 0 Å². The third-order valence-electron chi connectivity index (χ3n) is 6.00. The highest BCUT2D eigenvalue weighted by molar-refractivity contribution is 5.75. The van der Waals surface area contributed by atoms with E-state index in [1.54, 1.807) is 6.07 Å². The highest BCUT2D eigenvalue weighted by Gasteiger charge is 2.36. The number of H-pyrrole nitrogens is 1. The van der Waals surface area contributed by atoms with Gasteiger partial charge >= 0.3 is 6.18 Å². The van der Waals surface area contributed by atoms with Crippen LogP contribution in [0.4, 0.5) is 13.2 Å². The van der Waals surface area contributed by atoms with Crippen molar-refractivity contribution in [2.45, 2.75) is 70.4 Å². The van der Waals surface area contributed by atoms with E-state index in [0.29, 0.717) is 18.4 Å². The van der Waals surface area contributed by atoms with Crippen LogP contribution in [0.25, 0.3) is 11.0 Å². The maximum Gasteiger partial charge on any atom is 0.416 e. The zero-order valence-corrected chi connectivity index (χ0v) is 16.8. The maximum absolute atomic E-state index is 13.7. The fourth-order valence-electron chi connectivity index (χ4n) is 4.50. The summed E-state index contributed by atoms with van der Waals surface area (Å²) in [6.07, 6.45) is 2.73. The molecule has 4 rings (SSSR count).